The highest BCUT2D eigenvalue weighted by Crippen LogP contribution is 2.40. The number of aromatic nitrogens is 2. The number of hydrogen-bond acceptors (Lipinski definition) is 4. The monoisotopic (exact) mass is 254 g/mol. The predicted molar refractivity (Wildman–Crippen MR) is 67.4 cm³/mol. The third-order valence-electron chi connectivity index (χ3n) is 3.85. The van der Waals surface area contributed by atoms with E-state index in [1.165, 1.54) is 0 Å². The molecule has 1 aromatic rings. The highest BCUT2D eigenvalue weighted by molar-refractivity contribution is 5.29. The number of aryl methyl sites for hydroxylation is 1. The van der Waals surface area contributed by atoms with E-state index in [4.69, 9.17) is 4.74 Å². The lowest BCUT2D eigenvalue weighted by Crippen LogP contribution is -2.39. The number of methoxy groups -OCH3 is 1. The minimum atomic E-state index is -1.04. The van der Waals surface area contributed by atoms with E-state index < -0.39 is 11.7 Å². The Morgan fingerprint density at radius 1 is 1.44 bits per heavy atom. The summed E-state index contributed by atoms with van der Waals surface area (Å²) in [6, 6.07) is 0. The van der Waals surface area contributed by atoms with Crippen molar-refractivity contribution >= 4 is 0 Å². The van der Waals surface area contributed by atoms with Crippen molar-refractivity contribution in [3.05, 3.63) is 11.9 Å². The summed E-state index contributed by atoms with van der Waals surface area (Å²) in [7, 11) is 1.55. The van der Waals surface area contributed by atoms with Gasteiger partial charge in [0.1, 0.15) is 11.8 Å². The van der Waals surface area contributed by atoms with Crippen LogP contribution >= 0.6 is 0 Å². The van der Waals surface area contributed by atoms with Gasteiger partial charge in [0, 0.05) is 6.54 Å². The lowest BCUT2D eigenvalue weighted by molar-refractivity contribution is -0.103. The second-order valence-corrected chi connectivity index (χ2v) is 4.98. The second kappa shape index (κ2) is 5.28. The number of aliphatic hydroxyl groups excluding tert-OH is 1. The molecule has 102 valence electrons. The predicted octanol–water partition coefficient (Wildman–Crippen LogP) is 1.64. The third kappa shape index (κ3) is 2.24. The van der Waals surface area contributed by atoms with Crippen LogP contribution in [0.3, 0.4) is 0 Å². The van der Waals surface area contributed by atoms with Crippen LogP contribution in [-0.2, 0) is 6.54 Å². The molecule has 1 unspecified atom stereocenters. The molecule has 2 rings (SSSR count). The van der Waals surface area contributed by atoms with Crippen molar-refractivity contribution in [3.63, 3.8) is 0 Å². The molecule has 0 aromatic carbocycles. The smallest absolute Gasteiger partial charge is 0.162 e. The van der Waals surface area contributed by atoms with E-state index in [1.54, 1.807) is 18.0 Å². The van der Waals surface area contributed by atoms with Crippen molar-refractivity contribution in [1.29, 1.82) is 0 Å². The van der Waals surface area contributed by atoms with Gasteiger partial charge in [-0.15, -0.1) is 0 Å². The molecule has 1 atom stereocenters. The maximum Gasteiger partial charge on any atom is 0.162 e. The first kappa shape index (κ1) is 13.4. The van der Waals surface area contributed by atoms with Crippen molar-refractivity contribution in [2.45, 2.75) is 57.3 Å². The Bertz CT molecular complexity index is 375. The van der Waals surface area contributed by atoms with Gasteiger partial charge >= 0.3 is 0 Å². The molecule has 0 radical (unpaired) electrons. The minimum Gasteiger partial charge on any atom is -0.493 e. The van der Waals surface area contributed by atoms with E-state index in [0.717, 1.165) is 19.3 Å². The van der Waals surface area contributed by atoms with Gasteiger partial charge in [-0.25, -0.2) is 0 Å². The van der Waals surface area contributed by atoms with E-state index in [1.807, 2.05) is 6.92 Å². The second-order valence-electron chi connectivity index (χ2n) is 4.98. The Morgan fingerprint density at radius 2 is 2.11 bits per heavy atom. The Labute approximate surface area is 107 Å². The number of rotatable bonds is 4. The van der Waals surface area contributed by atoms with Gasteiger partial charge in [-0.1, -0.05) is 19.3 Å². The molecule has 0 saturated heterocycles. The molecular weight excluding hydrogens is 232 g/mol. The molecular formula is C13H22N2O3. The molecule has 1 fully saturated rings. The van der Waals surface area contributed by atoms with Gasteiger partial charge in [0.15, 0.2) is 5.75 Å². The van der Waals surface area contributed by atoms with Gasteiger partial charge in [0.25, 0.3) is 0 Å². The fourth-order valence-electron chi connectivity index (χ4n) is 2.75. The first-order chi connectivity index (χ1) is 8.62. The van der Waals surface area contributed by atoms with Crippen LogP contribution in [0.15, 0.2) is 6.20 Å². The maximum absolute atomic E-state index is 10.6. The zero-order valence-electron chi connectivity index (χ0n) is 11.1. The fourth-order valence-corrected chi connectivity index (χ4v) is 2.75. The largest absolute Gasteiger partial charge is 0.493 e. The number of aliphatic hydroxyl groups is 2. The lowest BCUT2D eigenvalue weighted by Gasteiger charge is -2.36. The highest BCUT2D eigenvalue weighted by Gasteiger charge is 2.40. The minimum absolute atomic E-state index is 0.545. The normalized spacial score (nSPS) is 20.7. The van der Waals surface area contributed by atoms with Crippen LogP contribution in [0.2, 0.25) is 0 Å². The van der Waals surface area contributed by atoms with Crippen LogP contribution in [0.1, 0.15) is 50.8 Å². The Balaban J connectivity index is 2.31. The van der Waals surface area contributed by atoms with E-state index in [2.05, 4.69) is 5.10 Å². The Hall–Kier alpha value is -1.07. The summed E-state index contributed by atoms with van der Waals surface area (Å²) in [4.78, 5) is 0. The topological polar surface area (TPSA) is 67.5 Å². The molecule has 18 heavy (non-hydrogen) atoms. The molecule has 1 aliphatic carbocycles. The van der Waals surface area contributed by atoms with Crippen LogP contribution in [0.4, 0.5) is 0 Å². The van der Waals surface area contributed by atoms with Crippen LogP contribution < -0.4 is 4.74 Å². The highest BCUT2D eigenvalue weighted by atomic mass is 16.5. The molecule has 5 nitrogen and oxygen atoms in total. The SMILES string of the molecule is CCn1ncc(OC)c1C(O)C1(O)CCCCC1. The van der Waals surface area contributed by atoms with Crippen molar-refractivity contribution in [2.24, 2.45) is 0 Å². The molecule has 0 aliphatic heterocycles. The van der Waals surface area contributed by atoms with Crippen molar-refractivity contribution in [1.82, 2.24) is 9.78 Å². The summed E-state index contributed by atoms with van der Waals surface area (Å²) in [6.07, 6.45) is 4.95. The Morgan fingerprint density at radius 3 is 2.67 bits per heavy atom. The Kier molecular flexibility index (Phi) is 3.92. The van der Waals surface area contributed by atoms with Crippen LogP contribution in [0.25, 0.3) is 0 Å². The van der Waals surface area contributed by atoms with Gasteiger partial charge < -0.3 is 14.9 Å². The average molecular weight is 254 g/mol. The maximum atomic E-state index is 10.6. The number of nitrogens with zero attached hydrogens (tertiary/aromatic N) is 2. The van der Waals surface area contributed by atoms with Crippen LogP contribution in [0, 0.1) is 0 Å². The van der Waals surface area contributed by atoms with E-state index in [0.29, 0.717) is 30.8 Å². The average Bonchev–Trinajstić information content (AvgIpc) is 2.81. The summed E-state index contributed by atoms with van der Waals surface area (Å²) in [5.41, 5.74) is -0.456. The molecule has 1 aromatic heterocycles. The van der Waals surface area contributed by atoms with Gasteiger partial charge in [-0.3, -0.25) is 4.68 Å². The van der Waals surface area contributed by atoms with Crippen LogP contribution in [0.5, 0.6) is 5.75 Å². The van der Waals surface area contributed by atoms with Crippen LogP contribution in [-0.4, -0.2) is 32.7 Å². The summed E-state index contributed by atoms with van der Waals surface area (Å²) in [5.74, 6) is 0.545. The van der Waals surface area contributed by atoms with E-state index in [-0.39, 0.29) is 0 Å². The van der Waals surface area contributed by atoms with E-state index >= 15 is 0 Å². The first-order valence-electron chi connectivity index (χ1n) is 6.62. The first-order valence-corrected chi connectivity index (χ1v) is 6.62. The molecule has 0 bridgehead atoms. The van der Waals surface area contributed by atoms with Gasteiger partial charge in [0.05, 0.1) is 18.9 Å². The number of ether oxygens (including phenoxy) is 1. The molecule has 5 heteroatoms. The quantitative estimate of drug-likeness (QED) is 0.857. The summed E-state index contributed by atoms with van der Waals surface area (Å²) in [6.45, 7) is 2.60. The molecule has 1 heterocycles. The summed E-state index contributed by atoms with van der Waals surface area (Å²) in [5, 5.41) is 25.3. The fraction of sp³-hybridized carbons (Fsp3) is 0.769. The molecule has 1 aliphatic rings. The molecule has 0 spiro atoms. The van der Waals surface area contributed by atoms with Crippen molar-refractivity contribution in [2.75, 3.05) is 7.11 Å². The molecule has 1 saturated carbocycles. The third-order valence-corrected chi connectivity index (χ3v) is 3.85. The summed E-state index contributed by atoms with van der Waals surface area (Å²) >= 11 is 0. The summed E-state index contributed by atoms with van der Waals surface area (Å²) < 4.78 is 6.92. The van der Waals surface area contributed by atoms with Crippen molar-refractivity contribution < 1.29 is 14.9 Å². The standard InChI is InChI=1S/C13H22N2O3/c1-3-15-11(10(18-2)9-14-15)12(16)13(17)7-5-4-6-8-13/h9,12,16-17H,3-8H2,1-2H3. The lowest BCUT2D eigenvalue weighted by atomic mass is 9.79. The van der Waals surface area contributed by atoms with E-state index in [9.17, 15) is 10.2 Å². The van der Waals surface area contributed by atoms with Gasteiger partial charge in [-0.2, -0.15) is 5.10 Å². The number of hydrogen-bond donors (Lipinski definition) is 2. The molecule has 0 amide bonds. The zero-order chi connectivity index (χ0) is 13.2. The van der Waals surface area contributed by atoms with Gasteiger partial charge in [0.2, 0.25) is 0 Å². The zero-order valence-corrected chi connectivity index (χ0v) is 11.1. The molecule has 2 N–H and O–H groups in total. The van der Waals surface area contributed by atoms with Crippen molar-refractivity contribution in [3.8, 4) is 5.75 Å². The van der Waals surface area contributed by atoms with Gasteiger partial charge in [-0.05, 0) is 19.8 Å².